The molecule has 3 rings (SSSR count). The molecule has 1 N–H and O–H groups in total. The summed E-state index contributed by atoms with van der Waals surface area (Å²) < 4.78 is 16.7. The van der Waals surface area contributed by atoms with Crippen LogP contribution in [0.2, 0.25) is 0 Å². The SMILES string of the molecule is Fc1ccc(Br)cc1-n1c(=S)[nH]c2cccnc21. The Hall–Kier alpha value is -1.53. The average Bonchev–Trinajstić information content (AvgIpc) is 2.68. The molecule has 90 valence electrons. The zero-order valence-corrected chi connectivity index (χ0v) is 11.4. The van der Waals surface area contributed by atoms with Gasteiger partial charge in [-0.25, -0.2) is 9.37 Å². The Kier molecular flexibility index (Phi) is 2.76. The summed E-state index contributed by atoms with van der Waals surface area (Å²) in [5.74, 6) is -0.346. The Morgan fingerprint density at radius 3 is 3.00 bits per heavy atom. The summed E-state index contributed by atoms with van der Waals surface area (Å²) in [6.07, 6.45) is 1.65. The molecule has 0 saturated heterocycles. The van der Waals surface area contributed by atoms with E-state index in [-0.39, 0.29) is 5.82 Å². The number of pyridine rings is 1. The fraction of sp³-hybridized carbons (Fsp3) is 0. The highest BCUT2D eigenvalue weighted by molar-refractivity contribution is 9.10. The van der Waals surface area contributed by atoms with Crippen molar-refractivity contribution in [2.24, 2.45) is 0 Å². The van der Waals surface area contributed by atoms with Crippen molar-refractivity contribution < 1.29 is 4.39 Å². The quantitative estimate of drug-likeness (QED) is 0.687. The van der Waals surface area contributed by atoms with Gasteiger partial charge in [-0.1, -0.05) is 15.9 Å². The number of aromatic nitrogens is 3. The predicted molar refractivity (Wildman–Crippen MR) is 73.9 cm³/mol. The van der Waals surface area contributed by atoms with Crippen LogP contribution in [0.1, 0.15) is 0 Å². The maximum atomic E-state index is 13.9. The minimum Gasteiger partial charge on any atom is -0.329 e. The molecule has 0 aliphatic carbocycles. The van der Waals surface area contributed by atoms with Crippen molar-refractivity contribution in [1.82, 2.24) is 14.5 Å². The number of rotatable bonds is 1. The number of nitrogens with zero attached hydrogens (tertiary/aromatic N) is 2. The molecule has 0 aliphatic heterocycles. The van der Waals surface area contributed by atoms with Crippen molar-refractivity contribution in [3.05, 3.63) is 51.6 Å². The van der Waals surface area contributed by atoms with Gasteiger partial charge in [0.15, 0.2) is 10.4 Å². The molecule has 6 heteroatoms. The molecule has 0 aliphatic rings. The second-order valence-electron chi connectivity index (χ2n) is 3.74. The van der Waals surface area contributed by atoms with Gasteiger partial charge in [-0.3, -0.25) is 4.57 Å². The van der Waals surface area contributed by atoms with E-state index >= 15 is 0 Å². The van der Waals surface area contributed by atoms with Crippen LogP contribution in [-0.2, 0) is 0 Å². The van der Waals surface area contributed by atoms with E-state index in [0.29, 0.717) is 16.1 Å². The number of hydrogen-bond donors (Lipinski definition) is 1. The molecule has 0 fully saturated rings. The molecule has 0 unspecified atom stereocenters. The molecule has 2 aromatic heterocycles. The summed E-state index contributed by atoms with van der Waals surface area (Å²) in [7, 11) is 0. The molecule has 0 amide bonds. The van der Waals surface area contributed by atoms with Crippen LogP contribution in [0.4, 0.5) is 4.39 Å². The summed E-state index contributed by atoms with van der Waals surface area (Å²) >= 11 is 8.55. The fourth-order valence-electron chi connectivity index (χ4n) is 1.82. The Balaban J connectivity index is 2.41. The second-order valence-corrected chi connectivity index (χ2v) is 5.04. The minimum absolute atomic E-state index is 0.346. The van der Waals surface area contributed by atoms with Crippen molar-refractivity contribution in [3.63, 3.8) is 0 Å². The third kappa shape index (κ3) is 1.77. The first-order valence-corrected chi connectivity index (χ1v) is 6.38. The summed E-state index contributed by atoms with van der Waals surface area (Å²) in [6, 6.07) is 8.36. The largest absolute Gasteiger partial charge is 0.329 e. The molecule has 3 aromatic rings. The Morgan fingerprint density at radius 1 is 1.33 bits per heavy atom. The van der Waals surface area contributed by atoms with Crippen molar-refractivity contribution in [3.8, 4) is 5.69 Å². The molecule has 0 spiro atoms. The van der Waals surface area contributed by atoms with Crippen LogP contribution in [0.3, 0.4) is 0 Å². The van der Waals surface area contributed by atoms with Gasteiger partial charge in [0.05, 0.1) is 11.2 Å². The first kappa shape index (κ1) is 11.6. The standard InChI is InChI=1S/C12H7BrFN3S/c13-7-3-4-8(14)10(6-7)17-11-9(16-12(17)18)2-1-5-15-11/h1-6H,(H,16,18). The first-order chi connectivity index (χ1) is 8.66. The lowest BCUT2D eigenvalue weighted by atomic mass is 10.3. The fourth-order valence-corrected chi connectivity index (χ4v) is 2.46. The van der Waals surface area contributed by atoms with E-state index in [0.717, 1.165) is 9.99 Å². The molecule has 0 saturated carbocycles. The van der Waals surface area contributed by atoms with Crippen LogP contribution < -0.4 is 0 Å². The topological polar surface area (TPSA) is 33.6 Å². The monoisotopic (exact) mass is 323 g/mol. The zero-order valence-electron chi connectivity index (χ0n) is 9.02. The molecule has 18 heavy (non-hydrogen) atoms. The Morgan fingerprint density at radius 2 is 2.17 bits per heavy atom. The van der Waals surface area contributed by atoms with Crippen molar-refractivity contribution in [2.45, 2.75) is 0 Å². The number of imidazole rings is 1. The van der Waals surface area contributed by atoms with E-state index in [4.69, 9.17) is 12.2 Å². The number of H-pyrrole nitrogens is 1. The lowest BCUT2D eigenvalue weighted by molar-refractivity contribution is 0.618. The minimum atomic E-state index is -0.346. The van der Waals surface area contributed by atoms with E-state index in [1.54, 1.807) is 29.0 Å². The van der Waals surface area contributed by atoms with Crippen LogP contribution >= 0.6 is 28.1 Å². The normalized spacial score (nSPS) is 11.0. The maximum Gasteiger partial charge on any atom is 0.184 e. The summed E-state index contributed by atoms with van der Waals surface area (Å²) in [4.78, 5) is 7.24. The molecule has 0 bridgehead atoms. The summed E-state index contributed by atoms with van der Waals surface area (Å²) in [6.45, 7) is 0. The second kappa shape index (κ2) is 4.29. The molecule has 0 atom stereocenters. The van der Waals surface area contributed by atoms with Crippen LogP contribution in [0, 0.1) is 10.6 Å². The smallest absolute Gasteiger partial charge is 0.184 e. The number of nitrogens with one attached hydrogen (secondary N) is 1. The van der Waals surface area contributed by atoms with E-state index in [9.17, 15) is 4.39 Å². The van der Waals surface area contributed by atoms with Gasteiger partial charge < -0.3 is 4.98 Å². The summed E-state index contributed by atoms with van der Waals surface area (Å²) in [5, 5.41) is 0. The number of benzene rings is 1. The molecular weight excluding hydrogens is 317 g/mol. The molecule has 2 heterocycles. The van der Waals surface area contributed by atoms with Crippen molar-refractivity contribution >= 4 is 39.3 Å². The number of fused-ring (bicyclic) bond motifs is 1. The molecule has 1 aromatic carbocycles. The van der Waals surface area contributed by atoms with Crippen molar-refractivity contribution in [1.29, 1.82) is 0 Å². The van der Waals surface area contributed by atoms with Crippen LogP contribution in [0.25, 0.3) is 16.9 Å². The van der Waals surface area contributed by atoms with E-state index in [1.165, 1.54) is 6.07 Å². The molecule has 0 radical (unpaired) electrons. The van der Waals surface area contributed by atoms with Gasteiger partial charge >= 0.3 is 0 Å². The van der Waals surface area contributed by atoms with Crippen molar-refractivity contribution in [2.75, 3.05) is 0 Å². The molecular formula is C12H7BrFN3S. The van der Waals surface area contributed by atoms with E-state index in [2.05, 4.69) is 25.9 Å². The van der Waals surface area contributed by atoms with Crippen LogP contribution in [0.5, 0.6) is 0 Å². The number of halogens is 2. The number of hydrogen-bond acceptors (Lipinski definition) is 2. The van der Waals surface area contributed by atoms with Gasteiger partial charge in [0, 0.05) is 10.7 Å². The van der Waals surface area contributed by atoms with Crippen LogP contribution in [0.15, 0.2) is 41.0 Å². The highest BCUT2D eigenvalue weighted by Gasteiger charge is 2.11. The van der Waals surface area contributed by atoms with Gasteiger partial charge in [-0.05, 0) is 42.5 Å². The lowest BCUT2D eigenvalue weighted by Gasteiger charge is -2.05. The van der Waals surface area contributed by atoms with E-state index in [1.807, 2.05) is 6.07 Å². The zero-order chi connectivity index (χ0) is 12.7. The Labute approximate surface area is 115 Å². The Bertz CT molecular complexity index is 793. The molecule has 3 nitrogen and oxygen atoms in total. The van der Waals surface area contributed by atoms with Gasteiger partial charge in [-0.15, -0.1) is 0 Å². The third-order valence-corrected chi connectivity index (χ3v) is 3.37. The first-order valence-electron chi connectivity index (χ1n) is 5.18. The predicted octanol–water partition coefficient (Wildman–Crippen LogP) is 3.98. The van der Waals surface area contributed by atoms with Crippen LogP contribution in [-0.4, -0.2) is 14.5 Å². The lowest BCUT2D eigenvalue weighted by Crippen LogP contribution is -1.98. The number of aromatic amines is 1. The van der Waals surface area contributed by atoms with Gasteiger partial charge in [0.25, 0.3) is 0 Å². The maximum absolute atomic E-state index is 13.9. The average molecular weight is 324 g/mol. The third-order valence-electron chi connectivity index (χ3n) is 2.59. The summed E-state index contributed by atoms with van der Waals surface area (Å²) in [5.41, 5.74) is 1.76. The van der Waals surface area contributed by atoms with E-state index < -0.39 is 0 Å². The van der Waals surface area contributed by atoms with Gasteiger partial charge in [0.1, 0.15) is 5.82 Å². The van der Waals surface area contributed by atoms with Gasteiger partial charge in [-0.2, -0.15) is 0 Å². The van der Waals surface area contributed by atoms with Gasteiger partial charge in [0.2, 0.25) is 0 Å². The highest BCUT2D eigenvalue weighted by Crippen LogP contribution is 2.23. The highest BCUT2D eigenvalue weighted by atomic mass is 79.9.